The molecule has 0 unspecified atom stereocenters. The predicted octanol–water partition coefficient (Wildman–Crippen LogP) is 0.0807. The standard InChI is InChI=1S/C13H21N3O3S/c1-14-9-5-8-13(17)15-10-11-16-20(18,19)12-6-3-2-4-7-12/h2-4,6-7,14,16H,5,8-11H2,1H3,(H,15,17). The molecule has 0 heterocycles. The van der Waals surface area contributed by atoms with Crippen molar-refractivity contribution in [3.05, 3.63) is 30.3 Å². The van der Waals surface area contributed by atoms with Crippen molar-refractivity contribution >= 4 is 15.9 Å². The lowest BCUT2D eigenvalue weighted by molar-refractivity contribution is -0.121. The lowest BCUT2D eigenvalue weighted by Gasteiger charge is -2.08. The maximum atomic E-state index is 11.9. The topological polar surface area (TPSA) is 87.3 Å². The molecule has 1 amide bonds. The summed E-state index contributed by atoms with van der Waals surface area (Å²) in [7, 11) is -1.66. The van der Waals surface area contributed by atoms with Crippen LogP contribution in [-0.4, -0.2) is 41.0 Å². The molecule has 1 rings (SSSR count). The molecule has 6 nitrogen and oxygen atoms in total. The molecule has 0 saturated carbocycles. The van der Waals surface area contributed by atoms with Gasteiger partial charge < -0.3 is 10.6 Å². The summed E-state index contributed by atoms with van der Waals surface area (Å²) in [5.41, 5.74) is 0. The number of carbonyl (C=O) groups is 1. The van der Waals surface area contributed by atoms with Crippen LogP contribution < -0.4 is 15.4 Å². The minimum atomic E-state index is -3.49. The van der Waals surface area contributed by atoms with Crippen molar-refractivity contribution in [1.82, 2.24) is 15.4 Å². The second-order valence-corrected chi connectivity index (χ2v) is 6.03. The minimum Gasteiger partial charge on any atom is -0.355 e. The van der Waals surface area contributed by atoms with Crippen molar-refractivity contribution in [3.63, 3.8) is 0 Å². The highest BCUT2D eigenvalue weighted by atomic mass is 32.2. The normalized spacial score (nSPS) is 11.2. The van der Waals surface area contributed by atoms with Crippen molar-refractivity contribution in [2.75, 3.05) is 26.7 Å². The smallest absolute Gasteiger partial charge is 0.240 e. The largest absolute Gasteiger partial charge is 0.355 e. The molecule has 0 aliphatic carbocycles. The molecule has 0 radical (unpaired) electrons. The number of rotatable bonds is 9. The van der Waals surface area contributed by atoms with Crippen LogP contribution in [0.15, 0.2) is 35.2 Å². The molecule has 112 valence electrons. The highest BCUT2D eigenvalue weighted by Gasteiger charge is 2.12. The Labute approximate surface area is 120 Å². The maximum absolute atomic E-state index is 11.9. The van der Waals surface area contributed by atoms with Gasteiger partial charge in [0.2, 0.25) is 15.9 Å². The fourth-order valence-electron chi connectivity index (χ4n) is 1.58. The van der Waals surface area contributed by atoms with Gasteiger partial charge in [0.05, 0.1) is 4.90 Å². The summed E-state index contributed by atoms with van der Waals surface area (Å²) in [5.74, 6) is -0.0702. The van der Waals surface area contributed by atoms with E-state index < -0.39 is 10.0 Å². The fourth-order valence-corrected chi connectivity index (χ4v) is 2.64. The summed E-state index contributed by atoms with van der Waals surface area (Å²) >= 11 is 0. The third-order valence-corrected chi connectivity index (χ3v) is 4.10. The molecule has 0 bridgehead atoms. The zero-order valence-corrected chi connectivity index (χ0v) is 12.4. The molecule has 0 fully saturated rings. The second kappa shape index (κ2) is 8.68. The first-order valence-electron chi connectivity index (χ1n) is 6.52. The summed E-state index contributed by atoms with van der Waals surface area (Å²) in [6.07, 6.45) is 1.20. The van der Waals surface area contributed by atoms with E-state index in [1.807, 2.05) is 7.05 Å². The first kappa shape index (κ1) is 16.6. The zero-order valence-electron chi connectivity index (χ0n) is 11.6. The second-order valence-electron chi connectivity index (χ2n) is 4.27. The number of benzene rings is 1. The number of nitrogens with one attached hydrogen (secondary N) is 3. The van der Waals surface area contributed by atoms with E-state index in [-0.39, 0.29) is 23.9 Å². The molecular weight excluding hydrogens is 278 g/mol. The van der Waals surface area contributed by atoms with Crippen LogP contribution in [0.25, 0.3) is 0 Å². The van der Waals surface area contributed by atoms with Crippen molar-refractivity contribution in [3.8, 4) is 0 Å². The number of carbonyl (C=O) groups excluding carboxylic acids is 1. The summed E-state index contributed by atoms with van der Waals surface area (Å²) in [6.45, 7) is 1.24. The summed E-state index contributed by atoms with van der Waals surface area (Å²) in [4.78, 5) is 11.6. The van der Waals surface area contributed by atoms with Crippen LogP contribution in [0.2, 0.25) is 0 Å². The average Bonchev–Trinajstić information content (AvgIpc) is 2.45. The molecule has 20 heavy (non-hydrogen) atoms. The van der Waals surface area contributed by atoms with Gasteiger partial charge in [-0.3, -0.25) is 4.79 Å². The van der Waals surface area contributed by atoms with Crippen LogP contribution in [0.5, 0.6) is 0 Å². The molecule has 0 atom stereocenters. The van der Waals surface area contributed by atoms with E-state index in [9.17, 15) is 13.2 Å². The van der Waals surface area contributed by atoms with Gasteiger partial charge in [-0.1, -0.05) is 18.2 Å². The van der Waals surface area contributed by atoms with Gasteiger partial charge in [0.15, 0.2) is 0 Å². The molecule has 0 saturated heterocycles. The van der Waals surface area contributed by atoms with Crippen LogP contribution in [0.3, 0.4) is 0 Å². The zero-order chi connectivity index (χ0) is 14.8. The van der Waals surface area contributed by atoms with Crippen LogP contribution in [-0.2, 0) is 14.8 Å². The van der Waals surface area contributed by atoms with Gasteiger partial charge in [0.25, 0.3) is 0 Å². The predicted molar refractivity (Wildman–Crippen MR) is 77.8 cm³/mol. The SMILES string of the molecule is CNCCCC(=O)NCCNS(=O)(=O)c1ccccc1. The lowest BCUT2D eigenvalue weighted by Crippen LogP contribution is -2.34. The fraction of sp³-hybridized carbons (Fsp3) is 0.462. The lowest BCUT2D eigenvalue weighted by atomic mass is 10.3. The van der Waals surface area contributed by atoms with Crippen LogP contribution in [0.1, 0.15) is 12.8 Å². The Kier molecular flexibility index (Phi) is 7.21. The molecule has 1 aromatic carbocycles. The van der Waals surface area contributed by atoms with Gasteiger partial charge in [-0.25, -0.2) is 13.1 Å². The summed E-state index contributed by atoms with van der Waals surface area (Å²) in [6, 6.07) is 8.14. The molecule has 0 aliphatic heterocycles. The third kappa shape index (κ3) is 6.14. The first-order chi connectivity index (χ1) is 9.56. The molecule has 1 aromatic rings. The quantitative estimate of drug-likeness (QED) is 0.564. The molecule has 3 N–H and O–H groups in total. The van der Waals surface area contributed by atoms with Crippen LogP contribution in [0.4, 0.5) is 0 Å². The number of sulfonamides is 1. The van der Waals surface area contributed by atoms with Gasteiger partial charge in [0, 0.05) is 19.5 Å². The summed E-state index contributed by atoms with van der Waals surface area (Å²) < 4.78 is 26.2. The van der Waals surface area contributed by atoms with E-state index in [0.29, 0.717) is 6.42 Å². The molecule has 0 spiro atoms. The van der Waals surface area contributed by atoms with Gasteiger partial charge in [-0.2, -0.15) is 0 Å². The average molecular weight is 299 g/mol. The number of hydrogen-bond acceptors (Lipinski definition) is 4. The van der Waals surface area contributed by atoms with Crippen LogP contribution in [0, 0.1) is 0 Å². The van der Waals surface area contributed by atoms with E-state index in [1.165, 1.54) is 12.1 Å². The van der Waals surface area contributed by atoms with Crippen molar-refractivity contribution in [1.29, 1.82) is 0 Å². The van der Waals surface area contributed by atoms with E-state index in [0.717, 1.165) is 13.0 Å². The van der Waals surface area contributed by atoms with Gasteiger partial charge >= 0.3 is 0 Å². The van der Waals surface area contributed by atoms with Crippen LogP contribution >= 0.6 is 0 Å². The highest BCUT2D eigenvalue weighted by molar-refractivity contribution is 7.89. The Bertz CT molecular complexity index is 503. The van der Waals surface area contributed by atoms with Gasteiger partial charge in [0.1, 0.15) is 0 Å². The highest BCUT2D eigenvalue weighted by Crippen LogP contribution is 2.06. The monoisotopic (exact) mass is 299 g/mol. The summed E-state index contributed by atoms with van der Waals surface area (Å²) in [5, 5.41) is 5.63. The number of hydrogen-bond donors (Lipinski definition) is 3. The molecular formula is C13H21N3O3S. The van der Waals surface area contributed by atoms with Crippen molar-refractivity contribution in [2.24, 2.45) is 0 Å². The van der Waals surface area contributed by atoms with Crippen molar-refractivity contribution in [2.45, 2.75) is 17.7 Å². The van der Waals surface area contributed by atoms with Gasteiger partial charge in [-0.15, -0.1) is 0 Å². The Balaban J connectivity index is 2.26. The Morgan fingerprint density at radius 2 is 1.80 bits per heavy atom. The Hall–Kier alpha value is -1.44. The molecule has 7 heteroatoms. The molecule has 0 aromatic heterocycles. The number of amides is 1. The van der Waals surface area contributed by atoms with E-state index in [2.05, 4.69) is 15.4 Å². The van der Waals surface area contributed by atoms with E-state index >= 15 is 0 Å². The van der Waals surface area contributed by atoms with Gasteiger partial charge in [-0.05, 0) is 32.1 Å². The first-order valence-corrected chi connectivity index (χ1v) is 8.00. The van der Waals surface area contributed by atoms with E-state index in [1.54, 1.807) is 18.2 Å². The Morgan fingerprint density at radius 1 is 1.10 bits per heavy atom. The van der Waals surface area contributed by atoms with Crippen molar-refractivity contribution < 1.29 is 13.2 Å². The minimum absolute atomic E-state index is 0.0702. The molecule has 0 aliphatic rings. The third-order valence-electron chi connectivity index (χ3n) is 2.62. The maximum Gasteiger partial charge on any atom is 0.240 e. The Morgan fingerprint density at radius 3 is 2.45 bits per heavy atom. The van der Waals surface area contributed by atoms with E-state index in [4.69, 9.17) is 0 Å².